The molecule has 6 heteroatoms. The second kappa shape index (κ2) is 6.84. The molecule has 0 aliphatic carbocycles. The molecular formula is C18H16ClN3O2. The van der Waals surface area contributed by atoms with Crippen LogP contribution in [0.2, 0.25) is 5.02 Å². The van der Waals surface area contributed by atoms with Crippen molar-refractivity contribution in [3.05, 3.63) is 75.2 Å². The van der Waals surface area contributed by atoms with Gasteiger partial charge in [0.05, 0.1) is 17.5 Å². The maximum Gasteiger partial charge on any atom is 0.274 e. The Morgan fingerprint density at radius 2 is 1.79 bits per heavy atom. The average molecular weight is 342 g/mol. The van der Waals surface area contributed by atoms with Gasteiger partial charge in [0, 0.05) is 24.0 Å². The maximum atomic E-state index is 12.2. The quantitative estimate of drug-likeness (QED) is 0.792. The van der Waals surface area contributed by atoms with Crippen molar-refractivity contribution in [2.45, 2.75) is 13.0 Å². The molecule has 1 heterocycles. The molecule has 1 N–H and O–H groups in total. The van der Waals surface area contributed by atoms with Crippen LogP contribution in [0.5, 0.6) is 0 Å². The third-order valence-corrected chi connectivity index (χ3v) is 4.02. The smallest absolute Gasteiger partial charge is 0.274 e. The van der Waals surface area contributed by atoms with E-state index in [9.17, 15) is 9.59 Å². The number of nitrogens with one attached hydrogen (secondary N) is 1. The molecule has 0 aliphatic rings. The predicted octanol–water partition coefficient (Wildman–Crippen LogP) is 2.45. The van der Waals surface area contributed by atoms with Crippen LogP contribution < -0.4 is 10.9 Å². The number of nitrogens with zero attached hydrogens (tertiary/aromatic N) is 2. The highest BCUT2D eigenvalue weighted by Crippen LogP contribution is 2.14. The molecule has 0 bridgehead atoms. The van der Waals surface area contributed by atoms with E-state index < -0.39 is 0 Å². The van der Waals surface area contributed by atoms with Crippen molar-refractivity contribution < 1.29 is 4.79 Å². The summed E-state index contributed by atoms with van der Waals surface area (Å²) in [6.07, 6.45) is 0.113. The molecule has 3 rings (SSSR count). The van der Waals surface area contributed by atoms with Gasteiger partial charge in [-0.05, 0) is 23.8 Å². The van der Waals surface area contributed by atoms with E-state index in [4.69, 9.17) is 11.6 Å². The van der Waals surface area contributed by atoms with Crippen LogP contribution in [0, 0.1) is 0 Å². The van der Waals surface area contributed by atoms with Gasteiger partial charge in [-0.1, -0.05) is 41.9 Å². The molecule has 0 atom stereocenters. The van der Waals surface area contributed by atoms with Crippen LogP contribution in [0.3, 0.4) is 0 Å². The predicted molar refractivity (Wildman–Crippen MR) is 94.0 cm³/mol. The summed E-state index contributed by atoms with van der Waals surface area (Å²) in [4.78, 5) is 24.3. The first-order valence-corrected chi connectivity index (χ1v) is 7.88. The van der Waals surface area contributed by atoms with Gasteiger partial charge >= 0.3 is 0 Å². The Labute approximate surface area is 143 Å². The lowest BCUT2D eigenvalue weighted by Gasteiger charge is -2.09. The summed E-state index contributed by atoms with van der Waals surface area (Å²) in [5, 5.41) is 9.02. The van der Waals surface area contributed by atoms with Crippen LogP contribution >= 0.6 is 11.6 Å². The highest BCUT2D eigenvalue weighted by molar-refractivity contribution is 6.30. The largest absolute Gasteiger partial charge is 0.352 e. The van der Waals surface area contributed by atoms with Crippen LogP contribution in [-0.2, 0) is 24.8 Å². The molecule has 0 saturated heterocycles. The molecule has 3 aromatic rings. The zero-order valence-corrected chi connectivity index (χ0v) is 13.9. The number of aromatic nitrogens is 2. The number of carbonyl (C=O) groups excluding carboxylic acids is 1. The Morgan fingerprint density at radius 3 is 2.50 bits per heavy atom. The van der Waals surface area contributed by atoms with E-state index in [1.165, 1.54) is 4.68 Å². The molecular weight excluding hydrogens is 326 g/mol. The molecule has 0 radical (unpaired) electrons. The summed E-state index contributed by atoms with van der Waals surface area (Å²) in [5.74, 6) is -0.152. The molecule has 1 amide bonds. The zero-order chi connectivity index (χ0) is 17.1. The molecule has 0 aliphatic heterocycles. The lowest BCUT2D eigenvalue weighted by Crippen LogP contribution is -2.27. The molecule has 5 nitrogen and oxygen atoms in total. The first-order valence-electron chi connectivity index (χ1n) is 7.50. The number of fused-ring (bicyclic) bond motifs is 1. The minimum Gasteiger partial charge on any atom is -0.352 e. The number of benzene rings is 2. The SMILES string of the molecule is Cn1nc(CC(=O)NCc2ccc(Cl)cc2)c2ccccc2c1=O. The van der Waals surface area contributed by atoms with E-state index in [0.717, 1.165) is 5.56 Å². The Bertz CT molecular complexity index is 949. The monoisotopic (exact) mass is 341 g/mol. The van der Waals surface area contributed by atoms with Crippen molar-refractivity contribution >= 4 is 28.3 Å². The zero-order valence-electron chi connectivity index (χ0n) is 13.1. The molecule has 2 aromatic carbocycles. The third kappa shape index (κ3) is 3.46. The van der Waals surface area contributed by atoms with Gasteiger partial charge in [0.15, 0.2) is 0 Å². The van der Waals surface area contributed by atoms with Crippen LogP contribution in [0.1, 0.15) is 11.3 Å². The van der Waals surface area contributed by atoms with Crippen molar-refractivity contribution in [3.63, 3.8) is 0 Å². The van der Waals surface area contributed by atoms with Gasteiger partial charge < -0.3 is 5.32 Å². The van der Waals surface area contributed by atoms with E-state index in [1.807, 2.05) is 24.3 Å². The van der Waals surface area contributed by atoms with E-state index >= 15 is 0 Å². The molecule has 1 aromatic heterocycles. The summed E-state index contributed by atoms with van der Waals surface area (Å²) in [6, 6.07) is 14.5. The fraction of sp³-hybridized carbons (Fsp3) is 0.167. The number of carbonyl (C=O) groups is 1. The average Bonchev–Trinajstić information content (AvgIpc) is 2.59. The number of halogens is 1. The van der Waals surface area contributed by atoms with E-state index in [-0.39, 0.29) is 17.9 Å². The lowest BCUT2D eigenvalue weighted by atomic mass is 10.1. The van der Waals surface area contributed by atoms with Gasteiger partial charge in [-0.25, -0.2) is 4.68 Å². The topological polar surface area (TPSA) is 64.0 Å². The Balaban J connectivity index is 1.77. The van der Waals surface area contributed by atoms with Crippen molar-refractivity contribution in [1.29, 1.82) is 0 Å². The Kier molecular flexibility index (Phi) is 4.62. The fourth-order valence-electron chi connectivity index (χ4n) is 2.52. The van der Waals surface area contributed by atoms with Gasteiger partial charge in [0.2, 0.25) is 5.91 Å². The number of rotatable bonds is 4. The second-order valence-electron chi connectivity index (χ2n) is 5.50. The summed E-state index contributed by atoms with van der Waals surface area (Å²) < 4.78 is 1.27. The molecule has 122 valence electrons. The minimum atomic E-state index is -0.170. The second-order valence-corrected chi connectivity index (χ2v) is 5.94. The number of hydrogen-bond acceptors (Lipinski definition) is 3. The molecule has 0 saturated carbocycles. The number of amides is 1. The van der Waals surface area contributed by atoms with E-state index in [2.05, 4.69) is 10.4 Å². The van der Waals surface area contributed by atoms with Gasteiger partial charge in [-0.2, -0.15) is 5.10 Å². The maximum absolute atomic E-state index is 12.2. The summed E-state index contributed by atoms with van der Waals surface area (Å²) in [7, 11) is 1.59. The molecule has 0 fully saturated rings. The third-order valence-electron chi connectivity index (χ3n) is 3.76. The molecule has 0 spiro atoms. The van der Waals surface area contributed by atoms with Crippen molar-refractivity contribution in [2.75, 3.05) is 0 Å². The van der Waals surface area contributed by atoms with Crippen molar-refractivity contribution in [2.24, 2.45) is 7.05 Å². The first-order chi connectivity index (χ1) is 11.5. The first kappa shape index (κ1) is 16.2. The van der Waals surface area contributed by atoms with E-state index in [0.29, 0.717) is 28.0 Å². The lowest BCUT2D eigenvalue weighted by molar-refractivity contribution is -0.120. The Hall–Kier alpha value is -2.66. The van der Waals surface area contributed by atoms with Gasteiger partial charge in [-0.15, -0.1) is 0 Å². The van der Waals surface area contributed by atoms with Gasteiger partial charge in [0.25, 0.3) is 5.56 Å². The number of hydrogen-bond donors (Lipinski definition) is 1. The standard InChI is InChI=1S/C18H16ClN3O2/c1-22-18(24)15-5-3-2-4-14(15)16(21-22)10-17(23)20-11-12-6-8-13(19)9-7-12/h2-9H,10-11H2,1H3,(H,20,23). The highest BCUT2D eigenvalue weighted by Gasteiger charge is 2.12. The van der Waals surface area contributed by atoms with Crippen molar-refractivity contribution in [3.8, 4) is 0 Å². The van der Waals surface area contributed by atoms with Crippen LogP contribution in [0.25, 0.3) is 10.8 Å². The normalized spacial score (nSPS) is 10.8. The summed E-state index contributed by atoms with van der Waals surface area (Å²) in [6.45, 7) is 0.416. The number of aryl methyl sites for hydroxylation is 1. The molecule has 0 unspecified atom stereocenters. The van der Waals surface area contributed by atoms with Crippen molar-refractivity contribution in [1.82, 2.24) is 15.1 Å². The van der Waals surface area contributed by atoms with Gasteiger partial charge in [0.1, 0.15) is 0 Å². The Morgan fingerprint density at radius 1 is 1.12 bits per heavy atom. The summed E-state index contributed by atoms with van der Waals surface area (Å²) >= 11 is 5.84. The van der Waals surface area contributed by atoms with E-state index in [1.54, 1.807) is 31.3 Å². The van der Waals surface area contributed by atoms with Crippen LogP contribution in [0.4, 0.5) is 0 Å². The minimum absolute atomic E-state index is 0.113. The van der Waals surface area contributed by atoms with Gasteiger partial charge in [-0.3, -0.25) is 9.59 Å². The summed E-state index contributed by atoms with van der Waals surface area (Å²) in [5.41, 5.74) is 1.38. The highest BCUT2D eigenvalue weighted by atomic mass is 35.5. The van der Waals surface area contributed by atoms with Crippen LogP contribution in [-0.4, -0.2) is 15.7 Å². The fourth-order valence-corrected chi connectivity index (χ4v) is 2.65. The van der Waals surface area contributed by atoms with Crippen LogP contribution in [0.15, 0.2) is 53.3 Å². The molecule has 24 heavy (non-hydrogen) atoms.